The first-order valence-corrected chi connectivity index (χ1v) is 7.80. The molecule has 0 amide bonds. The van der Waals surface area contributed by atoms with Crippen LogP contribution in [0.25, 0.3) is 0 Å². The van der Waals surface area contributed by atoms with Gasteiger partial charge in [0.05, 0.1) is 11.5 Å². The van der Waals surface area contributed by atoms with E-state index in [1.165, 1.54) is 0 Å². The second-order valence-corrected chi connectivity index (χ2v) is 7.14. The molecule has 17 heavy (non-hydrogen) atoms. The molecule has 1 aromatic rings. The summed E-state index contributed by atoms with van der Waals surface area (Å²) in [6.07, 6.45) is 5.05. The first-order chi connectivity index (χ1) is 7.98. The molecule has 0 bridgehead atoms. The minimum atomic E-state index is -2.80. The van der Waals surface area contributed by atoms with E-state index in [1.54, 1.807) is 6.20 Å². The molecule has 1 N–H and O–H groups in total. The molecule has 6 heteroatoms. The Morgan fingerprint density at radius 3 is 2.65 bits per heavy atom. The number of nitrogens with one attached hydrogen (secondary N) is 1. The van der Waals surface area contributed by atoms with Gasteiger partial charge in [0.2, 0.25) is 5.95 Å². The van der Waals surface area contributed by atoms with Crippen molar-refractivity contribution in [2.45, 2.75) is 38.8 Å². The molecule has 0 atom stereocenters. The van der Waals surface area contributed by atoms with Gasteiger partial charge in [-0.25, -0.2) is 13.4 Å². The molecule has 0 aromatic carbocycles. The van der Waals surface area contributed by atoms with Crippen LogP contribution in [0.4, 0.5) is 5.95 Å². The van der Waals surface area contributed by atoms with Crippen LogP contribution in [0.5, 0.6) is 0 Å². The lowest BCUT2D eigenvalue weighted by Gasteiger charge is -2.25. The van der Waals surface area contributed by atoms with Gasteiger partial charge < -0.3 is 9.88 Å². The van der Waals surface area contributed by atoms with Crippen LogP contribution in [0.2, 0.25) is 0 Å². The molecule has 1 aliphatic heterocycles. The van der Waals surface area contributed by atoms with Crippen molar-refractivity contribution in [3.05, 3.63) is 12.4 Å². The van der Waals surface area contributed by atoms with Crippen LogP contribution in [-0.2, 0) is 9.84 Å². The molecule has 1 saturated heterocycles. The average Bonchev–Trinajstić information content (AvgIpc) is 2.65. The summed E-state index contributed by atoms with van der Waals surface area (Å²) in [5, 5.41) is 3.27. The van der Waals surface area contributed by atoms with Crippen LogP contribution >= 0.6 is 0 Å². The third-order valence-electron chi connectivity index (χ3n) is 3.00. The molecule has 1 fully saturated rings. The highest BCUT2D eigenvalue weighted by molar-refractivity contribution is 7.91. The molecule has 0 radical (unpaired) electrons. The highest BCUT2D eigenvalue weighted by Gasteiger charge is 2.25. The Bertz CT molecular complexity index is 465. The Morgan fingerprint density at radius 1 is 1.41 bits per heavy atom. The minimum Gasteiger partial charge on any atom is -0.353 e. The fraction of sp³-hybridized carbons (Fsp3) is 0.727. The fourth-order valence-electron chi connectivity index (χ4n) is 2.13. The van der Waals surface area contributed by atoms with Crippen molar-refractivity contribution >= 4 is 15.8 Å². The number of nitrogens with zero attached hydrogens (tertiary/aromatic N) is 2. The molecule has 0 aliphatic carbocycles. The van der Waals surface area contributed by atoms with Crippen LogP contribution in [0.3, 0.4) is 0 Å². The van der Waals surface area contributed by atoms with E-state index in [4.69, 9.17) is 0 Å². The van der Waals surface area contributed by atoms with Crippen molar-refractivity contribution in [3.63, 3.8) is 0 Å². The molecule has 0 unspecified atom stereocenters. The summed E-state index contributed by atoms with van der Waals surface area (Å²) < 4.78 is 24.8. The third kappa shape index (κ3) is 3.00. The Balaban J connectivity index is 2.10. The first-order valence-electron chi connectivity index (χ1n) is 5.98. The van der Waals surface area contributed by atoms with Crippen molar-refractivity contribution < 1.29 is 8.42 Å². The fourth-order valence-corrected chi connectivity index (χ4v) is 3.60. The molecule has 96 valence electrons. The SMILES string of the molecule is CC(C)Nc1nccn1C1CCS(=O)(=O)CC1. The van der Waals surface area contributed by atoms with Crippen molar-refractivity contribution in [2.75, 3.05) is 16.8 Å². The number of imidazole rings is 1. The standard InChI is InChI=1S/C11H19N3O2S/c1-9(2)13-11-12-5-6-14(11)10-3-7-17(15,16)8-4-10/h5-6,9-10H,3-4,7-8H2,1-2H3,(H,12,13). The maximum atomic E-state index is 11.4. The van der Waals surface area contributed by atoms with E-state index in [0.717, 1.165) is 5.95 Å². The molecule has 2 rings (SSSR count). The summed E-state index contributed by atoms with van der Waals surface area (Å²) >= 11 is 0. The van der Waals surface area contributed by atoms with E-state index >= 15 is 0 Å². The third-order valence-corrected chi connectivity index (χ3v) is 4.72. The second kappa shape index (κ2) is 4.68. The van der Waals surface area contributed by atoms with E-state index < -0.39 is 9.84 Å². The van der Waals surface area contributed by atoms with Crippen molar-refractivity contribution in [1.82, 2.24) is 9.55 Å². The maximum Gasteiger partial charge on any atom is 0.203 e. The topological polar surface area (TPSA) is 64.0 Å². The van der Waals surface area contributed by atoms with E-state index in [2.05, 4.69) is 28.7 Å². The number of sulfone groups is 1. The van der Waals surface area contributed by atoms with E-state index in [9.17, 15) is 8.42 Å². The molecular weight excluding hydrogens is 238 g/mol. The Kier molecular flexibility index (Phi) is 3.42. The zero-order chi connectivity index (χ0) is 12.5. The van der Waals surface area contributed by atoms with Crippen LogP contribution in [0.1, 0.15) is 32.7 Å². The van der Waals surface area contributed by atoms with Crippen LogP contribution in [0, 0.1) is 0 Å². The maximum absolute atomic E-state index is 11.4. The lowest BCUT2D eigenvalue weighted by molar-refractivity contribution is 0.452. The molecule has 0 saturated carbocycles. The summed E-state index contributed by atoms with van der Waals surface area (Å²) in [4.78, 5) is 4.27. The zero-order valence-electron chi connectivity index (χ0n) is 10.3. The minimum absolute atomic E-state index is 0.252. The first kappa shape index (κ1) is 12.4. The van der Waals surface area contributed by atoms with Crippen LogP contribution in [0.15, 0.2) is 12.4 Å². The monoisotopic (exact) mass is 257 g/mol. The van der Waals surface area contributed by atoms with Crippen molar-refractivity contribution in [2.24, 2.45) is 0 Å². The quantitative estimate of drug-likeness (QED) is 0.890. The summed E-state index contributed by atoms with van der Waals surface area (Å²) in [6, 6.07) is 0.575. The number of hydrogen-bond donors (Lipinski definition) is 1. The van der Waals surface area contributed by atoms with Crippen molar-refractivity contribution in [1.29, 1.82) is 0 Å². The highest BCUT2D eigenvalue weighted by atomic mass is 32.2. The molecule has 1 aliphatic rings. The zero-order valence-corrected chi connectivity index (χ0v) is 11.1. The number of aromatic nitrogens is 2. The van der Waals surface area contributed by atoms with Gasteiger partial charge in [-0.3, -0.25) is 0 Å². The predicted octanol–water partition coefficient (Wildman–Crippen LogP) is 1.45. The van der Waals surface area contributed by atoms with Gasteiger partial charge in [-0.15, -0.1) is 0 Å². The summed E-state index contributed by atoms with van der Waals surface area (Å²) in [5.41, 5.74) is 0. The lowest BCUT2D eigenvalue weighted by Crippen LogP contribution is -2.26. The molecule has 0 spiro atoms. The summed E-state index contributed by atoms with van der Waals surface area (Å²) in [7, 11) is -2.80. The number of hydrogen-bond acceptors (Lipinski definition) is 4. The van der Waals surface area contributed by atoms with E-state index in [1.807, 2.05) is 6.20 Å². The number of anilines is 1. The molecule has 1 aromatic heterocycles. The van der Waals surface area contributed by atoms with Gasteiger partial charge >= 0.3 is 0 Å². The van der Waals surface area contributed by atoms with E-state index in [0.29, 0.717) is 18.9 Å². The normalized spacial score (nSPS) is 20.6. The Hall–Kier alpha value is -1.04. The van der Waals surface area contributed by atoms with Crippen molar-refractivity contribution in [3.8, 4) is 0 Å². The van der Waals surface area contributed by atoms with Gasteiger partial charge in [-0.1, -0.05) is 0 Å². The van der Waals surface area contributed by atoms with Gasteiger partial charge in [0.15, 0.2) is 0 Å². The van der Waals surface area contributed by atoms with Gasteiger partial charge in [0.1, 0.15) is 9.84 Å². The smallest absolute Gasteiger partial charge is 0.203 e. The highest BCUT2D eigenvalue weighted by Crippen LogP contribution is 2.26. The van der Waals surface area contributed by atoms with Crippen LogP contribution in [-0.4, -0.2) is 35.5 Å². The largest absolute Gasteiger partial charge is 0.353 e. The summed E-state index contributed by atoms with van der Waals surface area (Å²) in [5.74, 6) is 1.41. The molecular formula is C11H19N3O2S. The van der Waals surface area contributed by atoms with Gasteiger partial charge in [0.25, 0.3) is 0 Å². The van der Waals surface area contributed by atoms with Gasteiger partial charge in [-0.2, -0.15) is 0 Å². The number of rotatable bonds is 3. The van der Waals surface area contributed by atoms with Crippen LogP contribution < -0.4 is 5.32 Å². The Labute approximate surface area is 102 Å². The Morgan fingerprint density at radius 2 is 2.06 bits per heavy atom. The molecule has 5 nitrogen and oxygen atoms in total. The van der Waals surface area contributed by atoms with Gasteiger partial charge in [0, 0.05) is 24.5 Å². The predicted molar refractivity (Wildman–Crippen MR) is 67.9 cm³/mol. The second-order valence-electron chi connectivity index (χ2n) is 4.84. The lowest BCUT2D eigenvalue weighted by atomic mass is 10.1. The van der Waals surface area contributed by atoms with E-state index in [-0.39, 0.29) is 17.5 Å². The summed E-state index contributed by atoms with van der Waals surface area (Å²) in [6.45, 7) is 4.12. The van der Waals surface area contributed by atoms with Gasteiger partial charge in [-0.05, 0) is 26.7 Å². The molecule has 2 heterocycles. The average molecular weight is 257 g/mol.